The number of anilines is 1. The number of hydrogen-bond donors (Lipinski definition) is 0. The van der Waals surface area contributed by atoms with E-state index in [0.29, 0.717) is 23.8 Å². The number of para-hydroxylation sites is 1. The summed E-state index contributed by atoms with van der Waals surface area (Å²) < 4.78 is 2.10. The number of alkyl halides is 1. The Hall–Kier alpha value is -1.21. The summed E-state index contributed by atoms with van der Waals surface area (Å²) in [6.07, 6.45) is 10.9. The molecular formula is C38H55Cl2NRu-. The van der Waals surface area contributed by atoms with Crippen LogP contribution in [0.3, 0.4) is 0 Å². The Labute approximate surface area is 275 Å². The maximum Gasteiger partial charge on any atom is -0.358 e. The summed E-state index contributed by atoms with van der Waals surface area (Å²) in [6, 6.07) is 15.6. The van der Waals surface area contributed by atoms with Crippen LogP contribution in [-0.4, -0.2) is 22.1 Å². The van der Waals surface area contributed by atoms with E-state index in [2.05, 4.69) is 100 Å². The number of benzene rings is 2. The minimum absolute atomic E-state index is 0. The Morgan fingerprint density at radius 1 is 0.976 bits per heavy atom. The van der Waals surface area contributed by atoms with E-state index in [4.69, 9.17) is 21.3 Å². The third-order valence-corrected chi connectivity index (χ3v) is 10.6. The van der Waals surface area contributed by atoms with Gasteiger partial charge in [0.05, 0.1) is 6.04 Å². The van der Waals surface area contributed by atoms with Crippen LogP contribution in [0, 0.1) is 19.8 Å². The van der Waals surface area contributed by atoms with Gasteiger partial charge in [0, 0.05) is 22.5 Å². The van der Waals surface area contributed by atoms with Crippen molar-refractivity contribution in [2.45, 2.75) is 118 Å². The summed E-state index contributed by atoms with van der Waals surface area (Å²) in [5.74, 6) is 1.71. The van der Waals surface area contributed by atoms with Crippen LogP contribution in [0.4, 0.5) is 5.69 Å². The van der Waals surface area contributed by atoms with Crippen molar-refractivity contribution in [2.24, 2.45) is 5.41 Å². The number of fused-ring (bicyclic) bond motifs is 1. The van der Waals surface area contributed by atoms with Crippen molar-refractivity contribution < 1.29 is 15.7 Å². The SMILES string of the molecule is CC.CC(C)c1cccc(C(C)C)c1N1C(CCl)C2(CCC3=C2CCC=C3)CC1(C)C.Cc1ccccc1[CH]=[Ru][Cl].[CH3-]. The zero-order valence-corrected chi connectivity index (χ0v) is 31.1. The van der Waals surface area contributed by atoms with Gasteiger partial charge in [-0.25, -0.2) is 0 Å². The Morgan fingerprint density at radius 2 is 1.60 bits per heavy atom. The molecule has 1 saturated heterocycles. The molecule has 5 rings (SSSR count). The van der Waals surface area contributed by atoms with E-state index in [1.807, 2.05) is 26.0 Å². The molecule has 0 saturated carbocycles. The van der Waals surface area contributed by atoms with Gasteiger partial charge in [-0.15, -0.1) is 11.6 Å². The van der Waals surface area contributed by atoms with Crippen LogP contribution in [-0.2, 0) is 15.7 Å². The molecule has 0 aromatic heterocycles. The number of hydrogen-bond acceptors (Lipinski definition) is 1. The van der Waals surface area contributed by atoms with Crippen LogP contribution in [0.1, 0.15) is 122 Å². The van der Waals surface area contributed by atoms with Gasteiger partial charge in [-0.1, -0.05) is 77.5 Å². The van der Waals surface area contributed by atoms with Gasteiger partial charge in [0.2, 0.25) is 0 Å². The normalized spacial score (nSPS) is 22.4. The number of rotatable bonds is 5. The number of aryl methyl sites for hydroxylation is 1. The summed E-state index contributed by atoms with van der Waals surface area (Å²) in [4.78, 5) is 2.78. The van der Waals surface area contributed by atoms with E-state index < -0.39 is 0 Å². The maximum atomic E-state index is 6.86. The van der Waals surface area contributed by atoms with Crippen molar-refractivity contribution in [3.63, 3.8) is 0 Å². The fourth-order valence-electron chi connectivity index (χ4n) is 7.44. The van der Waals surface area contributed by atoms with E-state index in [-0.39, 0.29) is 34.1 Å². The molecular weight excluding hydrogens is 642 g/mol. The molecule has 2 aromatic rings. The van der Waals surface area contributed by atoms with Gasteiger partial charge in [0.1, 0.15) is 0 Å². The molecule has 0 radical (unpaired) electrons. The van der Waals surface area contributed by atoms with Gasteiger partial charge in [0.15, 0.2) is 0 Å². The van der Waals surface area contributed by atoms with Crippen LogP contribution in [0.25, 0.3) is 0 Å². The number of allylic oxidation sites excluding steroid dienone is 3. The van der Waals surface area contributed by atoms with E-state index in [1.165, 1.54) is 60.0 Å². The molecule has 0 bridgehead atoms. The molecule has 1 aliphatic heterocycles. The zero-order valence-electron chi connectivity index (χ0n) is 27.8. The molecule has 0 amide bonds. The predicted molar refractivity (Wildman–Crippen MR) is 187 cm³/mol. The Bertz CT molecular complexity index is 1230. The Balaban J connectivity index is 0.000000401. The first-order chi connectivity index (χ1) is 19.6. The third kappa shape index (κ3) is 7.53. The molecule has 1 spiro atoms. The summed E-state index contributed by atoms with van der Waals surface area (Å²) in [6.45, 7) is 20.3. The van der Waals surface area contributed by atoms with Gasteiger partial charge in [-0.3, -0.25) is 0 Å². The molecule has 3 aliphatic rings. The molecule has 0 N–H and O–H groups in total. The van der Waals surface area contributed by atoms with Crippen LogP contribution >= 0.6 is 21.3 Å². The Morgan fingerprint density at radius 3 is 2.14 bits per heavy atom. The molecule has 2 aromatic carbocycles. The van der Waals surface area contributed by atoms with Gasteiger partial charge in [0.25, 0.3) is 0 Å². The number of nitrogens with zero attached hydrogens (tertiary/aromatic N) is 1. The van der Waals surface area contributed by atoms with E-state index in [9.17, 15) is 0 Å². The van der Waals surface area contributed by atoms with Crippen molar-refractivity contribution >= 4 is 31.6 Å². The van der Waals surface area contributed by atoms with Gasteiger partial charge in [-0.05, 0) is 74.5 Å². The summed E-state index contributed by atoms with van der Waals surface area (Å²) in [5, 5.41) is 0. The van der Waals surface area contributed by atoms with Crippen LogP contribution in [0.2, 0.25) is 0 Å². The average Bonchev–Trinajstić information content (AvgIpc) is 3.43. The third-order valence-electron chi connectivity index (χ3n) is 9.13. The quantitative estimate of drug-likeness (QED) is 0.171. The smallest absolute Gasteiger partial charge is 0.358 e. The fourth-order valence-corrected chi connectivity index (χ4v) is 9.13. The van der Waals surface area contributed by atoms with Crippen molar-refractivity contribution in [2.75, 3.05) is 10.8 Å². The first-order valence-corrected chi connectivity index (χ1v) is 19.3. The second kappa shape index (κ2) is 16.2. The molecule has 1 heterocycles. The van der Waals surface area contributed by atoms with E-state index in [0.717, 1.165) is 0 Å². The minimum atomic E-state index is -0.0901. The van der Waals surface area contributed by atoms with Gasteiger partial charge >= 0.3 is 72.3 Å². The summed E-state index contributed by atoms with van der Waals surface area (Å²) in [5.41, 5.74) is 10.7. The van der Waals surface area contributed by atoms with Gasteiger partial charge in [-0.2, -0.15) is 0 Å². The van der Waals surface area contributed by atoms with Crippen molar-refractivity contribution in [1.82, 2.24) is 0 Å². The molecule has 1 fully saturated rings. The first kappa shape index (κ1) is 37.0. The van der Waals surface area contributed by atoms with E-state index in [1.54, 1.807) is 11.1 Å². The van der Waals surface area contributed by atoms with Crippen molar-refractivity contribution in [3.8, 4) is 0 Å². The molecule has 42 heavy (non-hydrogen) atoms. The van der Waals surface area contributed by atoms with Gasteiger partial charge < -0.3 is 12.3 Å². The predicted octanol–water partition coefficient (Wildman–Crippen LogP) is 11.8. The average molecular weight is 698 g/mol. The molecule has 2 atom stereocenters. The van der Waals surface area contributed by atoms with Crippen LogP contribution in [0.5, 0.6) is 0 Å². The maximum absolute atomic E-state index is 6.86. The second-order valence-electron chi connectivity index (χ2n) is 12.8. The van der Waals surface area contributed by atoms with Crippen LogP contribution < -0.4 is 4.90 Å². The largest absolute Gasteiger partial charge is 0.358 e. The molecule has 2 aliphatic carbocycles. The van der Waals surface area contributed by atoms with Crippen molar-refractivity contribution in [1.29, 1.82) is 0 Å². The monoisotopic (exact) mass is 697 g/mol. The van der Waals surface area contributed by atoms with Crippen molar-refractivity contribution in [3.05, 3.63) is 95.4 Å². The number of halogens is 2. The molecule has 2 unspecified atom stereocenters. The Kier molecular flexibility index (Phi) is 14.3. The van der Waals surface area contributed by atoms with Crippen LogP contribution in [0.15, 0.2) is 65.8 Å². The fraction of sp³-hybridized carbons (Fsp3) is 0.526. The first-order valence-electron chi connectivity index (χ1n) is 15.6. The second-order valence-corrected chi connectivity index (χ2v) is 14.9. The summed E-state index contributed by atoms with van der Waals surface area (Å²) in [7, 11) is 5.64. The topological polar surface area (TPSA) is 3.24 Å². The standard InChI is InChI=1S/C27H38ClN.C8H8.C2H6.CH3.ClH.Ru/c1-18(2)21-11-9-12-22(19(3)4)25(21)29-24(16-28)27(17-26(29,5)6)15-14-20-10-7-8-13-23(20)27;1-7-5-3-4-6-8(7)2;1-2;;;/h7,9-12,18-19,24H,8,13-17H2,1-6H3;1,3-6H,2H3;1-2H3;1H3;1H;/q;;;-1;;+1/p-1. The molecule has 235 valence electrons. The molecule has 1 nitrogen and oxygen atoms in total. The van der Waals surface area contributed by atoms with E-state index >= 15 is 0 Å². The zero-order chi connectivity index (χ0) is 30.4. The molecule has 4 heteroatoms. The minimum Gasteiger partial charge on any atom is -0.358 e. The summed E-state index contributed by atoms with van der Waals surface area (Å²) >= 11 is 6.77.